The highest BCUT2D eigenvalue weighted by molar-refractivity contribution is 7.19. The van der Waals surface area contributed by atoms with Gasteiger partial charge in [-0.25, -0.2) is 9.97 Å². The highest BCUT2D eigenvalue weighted by Gasteiger charge is 2.29. The third-order valence-electron chi connectivity index (χ3n) is 4.83. The second kappa shape index (κ2) is 5.78. The van der Waals surface area contributed by atoms with E-state index < -0.39 is 0 Å². The lowest BCUT2D eigenvalue weighted by molar-refractivity contribution is 0.271. The first-order valence-electron chi connectivity index (χ1n) is 8.49. The number of fused-ring (bicyclic) bond motifs is 3. The van der Waals surface area contributed by atoms with Crippen LogP contribution in [0.5, 0.6) is 0 Å². The molecule has 2 aromatic rings. The summed E-state index contributed by atoms with van der Waals surface area (Å²) in [5.41, 5.74) is 1.46. The van der Waals surface area contributed by atoms with E-state index in [1.54, 1.807) is 0 Å². The number of aliphatic hydroxyl groups is 1. The van der Waals surface area contributed by atoms with E-state index in [1.165, 1.54) is 47.9 Å². The normalized spacial score (nSPS) is 19.2. The molecule has 5 heteroatoms. The van der Waals surface area contributed by atoms with Gasteiger partial charge in [0.1, 0.15) is 16.5 Å². The van der Waals surface area contributed by atoms with Gasteiger partial charge in [-0.3, -0.25) is 0 Å². The molecule has 1 unspecified atom stereocenters. The minimum absolute atomic E-state index is 0.0734. The summed E-state index contributed by atoms with van der Waals surface area (Å²) in [6.45, 7) is 2.24. The highest BCUT2D eigenvalue weighted by atomic mass is 32.1. The van der Waals surface area contributed by atoms with E-state index in [0.29, 0.717) is 5.92 Å². The van der Waals surface area contributed by atoms with E-state index >= 15 is 0 Å². The van der Waals surface area contributed by atoms with Crippen LogP contribution in [0, 0.1) is 0 Å². The van der Waals surface area contributed by atoms with Gasteiger partial charge in [0.05, 0.1) is 18.0 Å². The fraction of sp³-hybridized carbons (Fsp3) is 0.647. The molecule has 2 heterocycles. The first kappa shape index (κ1) is 14.4. The summed E-state index contributed by atoms with van der Waals surface area (Å²) < 4.78 is 0. The van der Waals surface area contributed by atoms with Crippen molar-refractivity contribution in [2.75, 3.05) is 11.9 Å². The average molecular weight is 317 g/mol. The SMILES string of the molecule is CCC(CO)Nc1nc(C2CC2)nc2sc3c(c12)CCCC3. The van der Waals surface area contributed by atoms with Crippen LogP contribution in [0.15, 0.2) is 0 Å². The van der Waals surface area contributed by atoms with Gasteiger partial charge >= 0.3 is 0 Å². The lowest BCUT2D eigenvalue weighted by Gasteiger charge is -2.17. The number of aryl methyl sites for hydroxylation is 2. The number of rotatable bonds is 5. The molecular formula is C17H23N3OS. The number of aromatic nitrogens is 2. The smallest absolute Gasteiger partial charge is 0.139 e. The summed E-state index contributed by atoms with van der Waals surface area (Å²) in [6.07, 6.45) is 8.21. The summed E-state index contributed by atoms with van der Waals surface area (Å²) in [7, 11) is 0. The van der Waals surface area contributed by atoms with Crippen molar-refractivity contribution in [3.63, 3.8) is 0 Å². The molecule has 2 N–H and O–H groups in total. The van der Waals surface area contributed by atoms with Crippen LogP contribution in [0.1, 0.15) is 61.2 Å². The van der Waals surface area contributed by atoms with Crippen molar-refractivity contribution in [3.05, 3.63) is 16.3 Å². The van der Waals surface area contributed by atoms with Crippen LogP contribution in [0.4, 0.5) is 5.82 Å². The molecule has 0 amide bonds. The predicted molar refractivity (Wildman–Crippen MR) is 90.8 cm³/mol. The van der Waals surface area contributed by atoms with Gasteiger partial charge in [-0.05, 0) is 50.5 Å². The Labute approximate surface area is 135 Å². The van der Waals surface area contributed by atoms with Crippen molar-refractivity contribution in [2.45, 2.75) is 63.8 Å². The Balaban J connectivity index is 1.84. The van der Waals surface area contributed by atoms with Gasteiger partial charge in [0, 0.05) is 10.8 Å². The Morgan fingerprint density at radius 3 is 2.82 bits per heavy atom. The van der Waals surface area contributed by atoms with Crippen LogP contribution in [-0.4, -0.2) is 27.7 Å². The van der Waals surface area contributed by atoms with Gasteiger partial charge in [-0.1, -0.05) is 6.92 Å². The van der Waals surface area contributed by atoms with Crippen molar-refractivity contribution in [1.29, 1.82) is 0 Å². The monoisotopic (exact) mass is 317 g/mol. The molecule has 0 saturated heterocycles. The number of nitrogens with one attached hydrogen (secondary N) is 1. The lowest BCUT2D eigenvalue weighted by Crippen LogP contribution is -2.23. The van der Waals surface area contributed by atoms with Crippen LogP contribution in [-0.2, 0) is 12.8 Å². The third kappa shape index (κ3) is 2.50. The Morgan fingerprint density at radius 1 is 1.27 bits per heavy atom. The quantitative estimate of drug-likeness (QED) is 0.884. The number of hydrogen-bond donors (Lipinski definition) is 2. The van der Waals surface area contributed by atoms with Crippen LogP contribution in [0.3, 0.4) is 0 Å². The Hall–Kier alpha value is -1.20. The van der Waals surface area contributed by atoms with Crippen molar-refractivity contribution in [2.24, 2.45) is 0 Å². The second-order valence-electron chi connectivity index (χ2n) is 6.53. The average Bonchev–Trinajstić information content (AvgIpc) is 3.32. The van der Waals surface area contributed by atoms with E-state index in [1.807, 2.05) is 11.3 Å². The van der Waals surface area contributed by atoms with E-state index in [0.717, 1.165) is 29.3 Å². The molecule has 1 saturated carbocycles. The van der Waals surface area contributed by atoms with Gasteiger partial charge in [-0.2, -0.15) is 0 Å². The Morgan fingerprint density at radius 2 is 2.09 bits per heavy atom. The van der Waals surface area contributed by atoms with Gasteiger partial charge in [0.25, 0.3) is 0 Å². The van der Waals surface area contributed by atoms with Crippen molar-refractivity contribution in [3.8, 4) is 0 Å². The lowest BCUT2D eigenvalue weighted by atomic mass is 9.97. The molecule has 0 aromatic carbocycles. The number of thiophene rings is 1. The zero-order chi connectivity index (χ0) is 15.1. The number of anilines is 1. The van der Waals surface area contributed by atoms with Gasteiger partial charge in [0.2, 0.25) is 0 Å². The molecule has 0 spiro atoms. The summed E-state index contributed by atoms with van der Waals surface area (Å²) in [5.74, 6) is 2.52. The Bertz CT molecular complexity index is 689. The molecule has 2 aliphatic rings. The van der Waals surface area contributed by atoms with Crippen molar-refractivity contribution in [1.82, 2.24) is 9.97 Å². The molecule has 1 fully saturated rings. The van der Waals surface area contributed by atoms with Crippen molar-refractivity contribution < 1.29 is 5.11 Å². The molecule has 4 rings (SSSR count). The summed E-state index contributed by atoms with van der Waals surface area (Å²) in [4.78, 5) is 12.4. The van der Waals surface area contributed by atoms with E-state index in [9.17, 15) is 5.11 Å². The molecule has 22 heavy (non-hydrogen) atoms. The molecule has 0 radical (unpaired) electrons. The predicted octanol–water partition coefficient (Wildman–Crippen LogP) is 3.63. The molecule has 0 aliphatic heterocycles. The maximum absolute atomic E-state index is 9.54. The van der Waals surface area contributed by atoms with E-state index in [-0.39, 0.29) is 12.6 Å². The van der Waals surface area contributed by atoms with Crippen LogP contribution in [0.25, 0.3) is 10.2 Å². The summed E-state index contributed by atoms with van der Waals surface area (Å²) in [5, 5.41) is 14.3. The molecule has 118 valence electrons. The number of hydrogen-bond acceptors (Lipinski definition) is 5. The first-order chi connectivity index (χ1) is 10.8. The van der Waals surface area contributed by atoms with Crippen LogP contribution in [0.2, 0.25) is 0 Å². The van der Waals surface area contributed by atoms with Gasteiger partial charge in [0.15, 0.2) is 0 Å². The maximum atomic E-state index is 9.54. The number of nitrogens with zero attached hydrogens (tertiary/aromatic N) is 2. The Kier molecular flexibility index (Phi) is 3.78. The fourth-order valence-electron chi connectivity index (χ4n) is 3.27. The maximum Gasteiger partial charge on any atom is 0.139 e. The highest BCUT2D eigenvalue weighted by Crippen LogP contribution is 2.43. The number of aliphatic hydroxyl groups excluding tert-OH is 1. The molecule has 4 nitrogen and oxygen atoms in total. The third-order valence-corrected chi connectivity index (χ3v) is 6.01. The van der Waals surface area contributed by atoms with Gasteiger partial charge in [-0.15, -0.1) is 11.3 Å². The standard InChI is InChI=1S/C17H23N3OS/c1-2-11(9-21)18-16-14-12-5-3-4-6-13(12)22-17(14)20-15(19-16)10-7-8-10/h10-11,21H,2-9H2,1H3,(H,18,19,20). The molecule has 1 atom stereocenters. The second-order valence-corrected chi connectivity index (χ2v) is 7.61. The largest absolute Gasteiger partial charge is 0.394 e. The van der Waals surface area contributed by atoms with Crippen LogP contribution >= 0.6 is 11.3 Å². The molecule has 2 aromatic heterocycles. The van der Waals surface area contributed by atoms with E-state index in [2.05, 4.69) is 12.2 Å². The van der Waals surface area contributed by atoms with Crippen molar-refractivity contribution >= 4 is 27.4 Å². The zero-order valence-corrected chi connectivity index (χ0v) is 13.9. The molecular weight excluding hydrogens is 294 g/mol. The first-order valence-corrected chi connectivity index (χ1v) is 9.31. The fourth-order valence-corrected chi connectivity index (χ4v) is 4.54. The van der Waals surface area contributed by atoms with Gasteiger partial charge < -0.3 is 10.4 Å². The minimum atomic E-state index is 0.0734. The summed E-state index contributed by atoms with van der Waals surface area (Å²) >= 11 is 1.86. The minimum Gasteiger partial charge on any atom is -0.394 e. The van der Waals surface area contributed by atoms with Crippen LogP contribution < -0.4 is 5.32 Å². The molecule has 0 bridgehead atoms. The molecule has 2 aliphatic carbocycles. The van der Waals surface area contributed by atoms with E-state index in [4.69, 9.17) is 9.97 Å². The zero-order valence-electron chi connectivity index (χ0n) is 13.1. The summed E-state index contributed by atoms with van der Waals surface area (Å²) in [6, 6.07) is 0.0734. The topological polar surface area (TPSA) is 58.0 Å².